The van der Waals surface area contributed by atoms with Crippen LogP contribution in [0.25, 0.3) is 0 Å². The number of carbonyl (C=O) groups excluding carboxylic acids is 2. The standard InChI is InChI=1S/C30H25BrClFN6O2/c1-15-26(29(41)37-24-12-17(9-10-34-24)28(40)16-3-2-4-16)27(21-7-5-19(31)14-22(21)32)39-30(35-15)38-25-13-18-11-20(33)6-8-23(18)36-25/h5-12,14,16,27H,2-4,13H2,1H3,(H,34,37,41)(H2,35,36,38,39). The van der Waals surface area contributed by atoms with Gasteiger partial charge < -0.3 is 16.0 Å². The van der Waals surface area contributed by atoms with Crippen LogP contribution in [0.15, 0.2) is 80.5 Å². The fourth-order valence-electron chi connectivity index (χ4n) is 5.11. The molecule has 0 radical (unpaired) electrons. The second-order valence-corrected chi connectivity index (χ2v) is 11.5. The average molecular weight is 636 g/mol. The number of amides is 1. The predicted octanol–water partition coefficient (Wildman–Crippen LogP) is 6.60. The molecule has 3 N–H and O–H groups in total. The lowest BCUT2D eigenvalue weighted by Crippen LogP contribution is -2.33. The van der Waals surface area contributed by atoms with Gasteiger partial charge in [0.25, 0.3) is 5.91 Å². The van der Waals surface area contributed by atoms with Crippen molar-refractivity contribution in [2.45, 2.75) is 38.6 Å². The smallest absolute Gasteiger partial charge is 0.257 e. The van der Waals surface area contributed by atoms with Crippen LogP contribution in [0.5, 0.6) is 0 Å². The number of guanidine groups is 1. The number of carbonyl (C=O) groups is 2. The van der Waals surface area contributed by atoms with Crippen molar-refractivity contribution in [1.82, 2.24) is 10.3 Å². The van der Waals surface area contributed by atoms with Crippen molar-refractivity contribution in [1.29, 1.82) is 0 Å². The molecule has 0 bridgehead atoms. The minimum absolute atomic E-state index is 0.0351. The van der Waals surface area contributed by atoms with E-state index in [2.05, 4.69) is 41.9 Å². The van der Waals surface area contributed by atoms with E-state index in [-0.39, 0.29) is 29.3 Å². The number of rotatable bonds is 5. The molecule has 1 amide bonds. The first-order valence-corrected chi connectivity index (χ1v) is 14.4. The summed E-state index contributed by atoms with van der Waals surface area (Å²) in [6.45, 7) is 1.76. The van der Waals surface area contributed by atoms with Crippen molar-refractivity contribution in [2.24, 2.45) is 15.9 Å². The van der Waals surface area contributed by atoms with Gasteiger partial charge >= 0.3 is 0 Å². The van der Waals surface area contributed by atoms with Gasteiger partial charge in [0.05, 0.1) is 5.57 Å². The first kappa shape index (κ1) is 27.3. The Labute approximate surface area is 249 Å². The highest BCUT2D eigenvalue weighted by Gasteiger charge is 2.32. The summed E-state index contributed by atoms with van der Waals surface area (Å²) in [6.07, 6.45) is 4.77. The number of aromatic nitrogens is 1. The first-order valence-electron chi connectivity index (χ1n) is 13.2. The molecule has 0 spiro atoms. The maximum absolute atomic E-state index is 13.7. The van der Waals surface area contributed by atoms with Gasteiger partial charge in [-0.25, -0.2) is 14.4 Å². The van der Waals surface area contributed by atoms with E-state index in [1.807, 2.05) is 6.07 Å². The van der Waals surface area contributed by atoms with E-state index < -0.39 is 11.9 Å². The molecule has 1 fully saturated rings. The van der Waals surface area contributed by atoms with Crippen molar-refractivity contribution >= 4 is 62.5 Å². The maximum atomic E-state index is 13.7. The highest BCUT2D eigenvalue weighted by molar-refractivity contribution is 9.10. The predicted molar refractivity (Wildman–Crippen MR) is 161 cm³/mol. The van der Waals surface area contributed by atoms with Crippen molar-refractivity contribution in [2.75, 3.05) is 10.6 Å². The van der Waals surface area contributed by atoms with Gasteiger partial charge in [-0.2, -0.15) is 4.99 Å². The van der Waals surface area contributed by atoms with Gasteiger partial charge in [-0.05, 0) is 67.8 Å². The van der Waals surface area contributed by atoms with Crippen molar-refractivity contribution < 1.29 is 14.0 Å². The quantitative estimate of drug-likeness (QED) is 0.274. The molecule has 208 valence electrons. The summed E-state index contributed by atoms with van der Waals surface area (Å²) in [6, 6.07) is 12.4. The summed E-state index contributed by atoms with van der Waals surface area (Å²) in [5.41, 5.74) is 3.59. The number of nitrogens with zero attached hydrogens (tertiary/aromatic N) is 3. The highest BCUT2D eigenvalue weighted by Crippen LogP contribution is 2.37. The van der Waals surface area contributed by atoms with Gasteiger partial charge in [0.15, 0.2) is 5.78 Å². The SMILES string of the molecule is CC1=C(C(=O)Nc2cc(C(=O)C3CCC3)ccn2)C(c2ccc(Br)cc2Cl)N=C(/N=C2/Cc3cc(F)ccc3N2)N1. The number of amidine groups is 1. The van der Waals surface area contributed by atoms with Crippen LogP contribution < -0.4 is 16.0 Å². The molecule has 11 heteroatoms. The summed E-state index contributed by atoms with van der Waals surface area (Å²) in [7, 11) is 0. The van der Waals surface area contributed by atoms with E-state index in [1.165, 1.54) is 18.3 Å². The van der Waals surface area contributed by atoms with Crippen LogP contribution in [0.4, 0.5) is 15.9 Å². The number of hydrogen-bond acceptors (Lipinski definition) is 6. The normalized spacial score (nSPS) is 19.2. The van der Waals surface area contributed by atoms with E-state index in [4.69, 9.17) is 16.6 Å². The second kappa shape index (κ2) is 11.2. The highest BCUT2D eigenvalue weighted by atomic mass is 79.9. The van der Waals surface area contributed by atoms with Crippen LogP contribution >= 0.6 is 27.5 Å². The Hall–Kier alpha value is -3.89. The molecule has 0 saturated heterocycles. The number of anilines is 2. The molecule has 3 heterocycles. The Balaban J connectivity index is 1.30. The Morgan fingerprint density at radius 1 is 1.12 bits per heavy atom. The zero-order valence-corrected chi connectivity index (χ0v) is 24.3. The minimum atomic E-state index is -0.780. The van der Waals surface area contributed by atoms with Crippen LogP contribution in [0.1, 0.15) is 53.7 Å². The molecule has 3 aliphatic rings. The monoisotopic (exact) mass is 634 g/mol. The summed E-state index contributed by atoms with van der Waals surface area (Å²) in [4.78, 5) is 40.2. The Bertz CT molecular complexity index is 1680. The Morgan fingerprint density at radius 2 is 1.95 bits per heavy atom. The summed E-state index contributed by atoms with van der Waals surface area (Å²) >= 11 is 10.1. The third kappa shape index (κ3) is 5.67. The molecule has 8 nitrogen and oxygen atoms in total. The Morgan fingerprint density at radius 3 is 2.71 bits per heavy atom. The van der Waals surface area contributed by atoms with Crippen LogP contribution in [-0.2, 0) is 11.2 Å². The number of halogens is 3. The number of allylic oxidation sites excluding steroid dienone is 1. The third-order valence-electron chi connectivity index (χ3n) is 7.44. The molecule has 1 unspecified atom stereocenters. The summed E-state index contributed by atoms with van der Waals surface area (Å²) in [5, 5.41) is 9.59. The van der Waals surface area contributed by atoms with Gasteiger partial charge in [-0.15, -0.1) is 0 Å². The van der Waals surface area contributed by atoms with Crippen molar-refractivity contribution in [3.63, 3.8) is 0 Å². The summed E-state index contributed by atoms with van der Waals surface area (Å²) in [5.74, 6) is 0.510. The molecule has 41 heavy (non-hydrogen) atoms. The minimum Gasteiger partial charge on any atom is -0.343 e. The number of ketones is 1. The van der Waals surface area contributed by atoms with Crippen LogP contribution in [0.2, 0.25) is 5.02 Å². The third-order valence-corrected chi connectivity index (χ3v) is 8.26. The van der Waals surface area contributed by atoms with Gasteiger partial charge in [0, 0.05) is 50.5 Å². The van der Waals surface area contributed by atoms with E-state index in [1.54, 1.807) is 37.3 Å². The number of benzene rings is 2. The van der Waals surface area contributed by atoms with Crippen molar-refractivity contribution in [3.8, 4) is 0 Å². The van der Waals surface area contributed by atoms with Crippen molar-refractivity contribution in [3.05, 3.63) is 98.0 Å². The van der Waals surface area contributed by atoms with E-state index in [0.717, 1.165) is 35.0 Å². The molecule has 1 aliphatic carbocycles. The summed E-state index contributed by atoms with van der Waals surface area (Å²) < 4.78 is 14.5. The zero-order chi connectivity index (χ0) is 28.7. The van der Waals surface area contributed by atoms with E-state index >= 15 is 0 Å². The molecular formula is C30H25BrClFN6O2. The topological polar surface area (TPSA) is 108 Å². The number of fused-ring (bicyclic) bond motifs is 1. The van der Waals surface area contributed by atoms with E-state index in [9.17, 15) is 14.0 Å². The van der Waals surface area contributed by atoms with Gasteiger partial charge in [0.2, 0.25) is 5.96 Å². The maximum Gasteiger partial charge on any atom is 0.257 e. The van der Waals surface area contributed by atoms with Gasteiger partial charge in [-0.1, -0.05) is 40.0 Å². The molecule has 2 aliphatic heterocycles. The van der Waals surface area contributed by atoms with Crippen LogP contribution in [-0.4, -0.2) is 28.5 Å². The fourth-order valence-corrected chi connectivity index (χ4v) is 5.88. The zero-order valence-electron chi connectivity index (χ0n) is 22.0. The van der Waals surface area contributed by atoms with Gasteiger partial charge in [-0.3, -0.25) is 9.59 Å². The van der Waals surface area contributed by atoms with E-state index in [0.29, 0.717) is 39.7 Å². The molecular weight excluding hydrogens is 611 g/mol. The lowest BCUT2D eigenvalue weighted by atomic mass is 9.80. The molecule has 1 aromatic heterocycles. The number of aliphatic imine (C=N–C) groups is 2. The average Bonchev–Trinajstić information content (AvgIpc) is 3.28. The largest absolute Gasteiger partial charge is 0.343 e. The molecule has 6 rings (SSSR count). The number of nitrogens with one attached hydrogen (secondary N) is 3. The number of pyridine rings is 1. The van der Waals surface area contributed by atoms with Crippen LogP contribution in [0.3, 0.4) is 0 Å². The fraction of sp³-hybridized carbons (Fsp3) is 0.233. The number of Topliss-reactive ketones (excluding diaryl/α,β-unsaturated/α-hetero) is 1. The lowest BCUT2D eigenvalue weighted by molar-refractivity contribution is -0.113. The van der Waals surface area contributed by atoms with Gasteiger partial charge in [0.1, 0.15) is 23.5 Å². The number of hydrogen-bond donors (Lipinski definition) is 3. The molecule has 2 aromatic carbocycles. The van der Waals surface area contributed by atoms with Crippen LogP contribution in [0, 0.1) is 11.7 Å². The molecule has 3 aromatic rings. The molecule has 1 saturated carbocycles. The lowest BCUT2D eigenvalue weighted by Gasteiger charge is -2.26. The molecule has 1 atom stereocenters. The first-order chi connectivity index (χ1) is 19.7. The Kier molecular flexibility index (Phi) is 7.44. The second-order valence-electron chi connectivity index (χ2n) is 10.2.